The summed E-state index contributed by atoms with van der Waals surface area (Å²) in [5, 5.41) is 9.34. The fraction of sp³-hybridized carbons (Fsp3) is 0.308. The number of nitrogens with zero attached hydrogens (tertiary/aromatic N) is 1. The van der Waals surface area contributed by atoms with E-state index in [0.29, 0.717) is 10.8 Å². The molecular weight excluding hydrogens is 316 g/mol. The number of benzene rings is 1. The number of thioether (sulfide) groups is 1. The Morgan fingerprint density at radius 1 is 1.19 bits per heavy atom. The number of primary amides is 1. The van der Waals surface area contributed by atoms with Crippen molar-refractivity contribution in [2.24, 2.45) is 5.73 Å². The number of nitrogens with two attached hydrogens (primary N) is 1. The van der Waals surface area contributed by atoms with Crippen molar-refractivity contribution in [3.05, 3.63) is 29.3 Å². The van der Waals surface area contributed by atoms with Gasteiger partial charge in [0.2, 0.25) is 11.8 Å². The summed E-state index contributed by atoms with van der Waals surface area (Å²) >= 11 is 7.21. The van der Waals surface area contributed by atoms with Crippen molar-refractivity contribution in [3.8, 4) is 0 Å². The minimum Gasteiger partial charge on any atom is -0.480 e. The van der Waals surface area contributed by atoms with E-state index in [4.69, 9.17) is 22.4 Å². The third kappa shape index (κ3) is 7.01. The minimum atomic E-state index is -1.19. The van der Waals surface area contributed by atoms with Gasteiger partial charge in [-0.2, -0.15) is 0 Å². The average molecular weight is 331 g/mol. The molecule has 114 valence electrons. The zero-order valence-electron chi connectivity index (χ0n) is 11.1. The van der Waals surface area contributed by atoms with Crippen LogP contribution < -0.4 is 5.73 Å². The highest BCUT2D eigenvalue weighted by Crippen LogP contribution is 2.21. The van der Waals surface area contributed by atoms with Crippen LogP contribution in [0.2, 0.25) is 5.02 Å². The normalized spacial score (nSPS) is 10.1. The van der Waals surface area contributed by atoms with Crippen molar-refractivity contribution in [2.75, 3.05) is 18.8 Å². The highest BCUT2D eigenvalue weighted by molar-refractivity contribution is 7.99. The van der Waals surface area contributed by atoms with Crippen LogP contribution in [0.5, 0.6) is 0 Å². The first-order valence-electron chi connectivity index (χ1n) is 6.04. The van der Waals surface area contributed by atoms with Crippen LogP contribution in [0.15, 0.2) is 29.2 Å². The van der Waals surface area contributed by atoms with Crippen LogP contribution >= 0.6 is 23.4 Å². The van der Waals surface area contributed by atoms with Crippen molar-refractivity contribution in [3.63, 3.8) is 0 Å². The molecule has 0 aliphatic rings. The molecule has 0 aliphatic heterocycles. The van der Waals surface area contributed by atoms with E-state index >= 15 is 0 Å². The summed E-state index contributed by atoms with van der Waals surface area (Å²) in [6, 6.07) is 7.15. The van der Waals surface area contributed by atoms with Crippen molar-refractivity contribution in [2.45, 2.75) is 11.3 Å². The topological polar surface area (TPSA) is 101 Å². The maximum Gasteiger partial charge on any atom is 0.323 e. The van der Waals surface area contributed by atoms with Crippen molar-refractivity contribution in [1.82, 2.24) is 4.90 Å². The fourth-order valence-electron chi connectivity index (χ4n) is 1.53. The van der Waals surface area contributed by atoms with Gasteiger partial charge in [-0.3, -0.25) is 14.4 Å². The van der Waals surface area contributed by atoms with Crippen molar-refractivity contribution < 1.29 is 19.5 Å². The Bertz CT molecular complexity index is 505. The number of carbonyl (C=O) groups excluding carboxylic acids is 2. The lowest BCUT2D eigenvalue weighted by Crippen LogP contribution is -2.41. The lowest BCUT2D eigenvalue weighted by Gasteiger charge is -2.18. The van der Waals surface area contributed by atoms with Gasteiger partial charge in [0.25, 0.3) is 0 Å². The molecule has 21 heavy (non-hydrogen) atoms. The van der Waals surface area contributed by atoms with E-state index in [1.807, 2.05) is 12.1 Å². The second-order valence-electron chi connectivity index (χ2n) is 4.16. The van der Waals surface area contributed by atoms with E-state index in [1.165, 1.54) is 11.8 Å². The quantitative estimate of drug-likeness (QED) is 0.698. The standard InChI is InChI=1S/C13H15ClN2O4S/c14-9-1-3-10(4-2-9)21-6-5-12(18)16(7-11(15)17)8-13(19)20/h1-4H,5-8H2,(H2,15,17)(H,19,20). The van der Waals surface area contributed by atoms with Gasteiger partial charge in [0.05, 0.1) is 6.54 Å². The Morgan fingerprint density at radius 2 is 1.81 bits per heavy atom. The predicted molar refractivity (Wildman–Crippen MR) is 80.2 cm³/mol. The van der Waals surface area contributed by atoms with E-state index in [9.17, 15) is 14.4 Å². The highest BCUT2D eigenvalue weighted by atomic mass is 35.5. The van der Waals surface area contributed by atoms with Crippen LogP contribution in [0.25, 0.3) is 0 Å². The lowest BCUT2D eigenvalue weighted by molar-refractivity contribution is -0.145. The number of hydrogen-bond donors (Lipinski definition) is 2. The zero-order chi connectivity index (χ0) is 15.8. The van der Waals surface area contributed by atoms with Crippen LogP contribution in [0.1, 0.15) is 6.42 Å². The van der Waals surface area contributed by atoms with Gasteiger partial charge in [0, 0.05) is 22.1 Å². The lowest BCUT2D eigenvalue weighted by atomic mass is 10.3. The molecule has 0 fully saturated rings. The molecule has 0 radical (unpaired) electrons. The SMILES string of the molecule is NC(=O)CN(CC(=O)O)C(=O)CCSc1ccc(Cl)cc1. The largest absolute Gasteiger partial charge is 0.480 e. The summed E-state index contributed by atoms with van der Waals surface area (Å²) in [6.45, 7) is -0.926. The molecule has 1 rings (SSSR count). The van der Waals surface area contributed by atoms with Gasteiger partial charge in [-0.1, -0.05) is 11.6 Å². The first kappa shape index (κ1) is 17.3. The number of carbonyl (C=O) groups is 3. The van der Waals surface area contributed by atoms with Crippen LogP contribution in [0, 0.1) is 0 Å². The summed E-state index contributed by atoms with van der Waals surface area (Å²) in [4.78, 5) is 35.3. The Hall–Kier alpha value is -1.73. The van der Waals surface area contributed by atoms with E-state index in [0.717, 1.165) is 9.80 Å². The van der Waals surface area contributed by atoms with Gasteiger partial charge in [0.15, 0.2) is 0 Å². The molecular formula is C13H15ClN2O4S. The third-order valence-electron chi connectivity index (χ3n) is 2.42. The maximum atomic E-state index is 11.9. The Balaban J connectivity index is 2.47. The number of halogens is 1. The average Bonchev–Trinajstić information content (AvgIpc) is 2.39. The molecule has 0 saturated heterocycles. The van der Waals surface area contributed by atoms with Gasteiger partial charge in [-0.05, 0) is 24.3 Å². The number of rotatable bonds is 8. The first-order chi connectivity index (χ1) is 9.88. The van der Waals surface area contributed by atoms with Gasteiger partial charge >= 0.3 is 5.97 Å². The van der Waals surface area contributed by atoms with Crippen LogP contribution in [0.3, 0.4) is 0 Å². The number of aliphatic carboxylic acids is 1. The summed E-state index contributed by atoms with van der Waals surface area (Å²) in [5.41, 5.74) is 5.00. The number of hydrogen-bond acceptors (Lipinski definition) is 4. The smallest absolute Gasteiger partial charge is 0.323 e. The van der Waals surface area contributed by atoms with Crippen LogP contribution in [0.4, 0.5) is 0 Å². The molecule has 1 aromatic carbocycles. The molecule has 0 saturated carbocycles. The third-order valence-corrected chi connectivity index (χ3v) is 3.69. The van der Waals surface area contributed by atoms with Crippen molar-refractivity contribution in [1.29, 1.82) is 0 Å². The zero-order valence-corrected chi connectivity index (χ0v) is 12.7. The molecule has 1 aromatic rings. The predicted octanol–water partition coefficient (Wildman–Crippen LogP) is 1.22. The van der Waals surface area contributed by atoms with E-state index in [2.05, 4.69) is 0 Å². The molecule has 0 atom stereocenters. The number of carboxylic acid groups (broad SMARTS) is 1. The Morgan fingerprint density at radius 3 is 2.33 bits per heavy atom. The maximum absolute atomic E-state index is 11.9. The molecule has 0 heterocycles. The summed E-state index contributed by atoms with van der Waals surface area (Å²) < 4.78 is 0. The van der Waals surface area contributed by atoms with E-state index in [-0.39, 0.29) is 6.42 Å². The second-order valence-corrected chi connectivity index (χ2v) is 5.77. The molecule has 0 bridgehead atoms. The number of amides is 2. The molecule has 0 aromatic heterocycles. The molecule has 6 nitrogen and oxygen atoms in total. The second kappa shape index (κ2) is 8.53. The summed E-state index contributed by atoms with van der Waals surface area (Å²) in [5.74, 6) is -1.88. The molecule has 0 aliphatic carbocycles. The molecule has 8 heteroatoms. The molecule has 0 unspecified atom stereocenters. The Labute approximate surface area is 131 Å². The molecule has 3 N–H and O–H groups in total. The van der Waals surface area contributed by atoms with Gasteiger partial charge < -0.3 is 15.7 Å². The summed E-state index contributed by atoms with van der Waals surface area (Å²) in [6.07, 6.45) is 0.119. The highest BCUT2D eigenvalue weighted by Gasteiger charge is 2.18. The fourth-order valence-corrected chi connectivity index (χ4v) is 2.50. The Kier molecular flexibility index (Phi) is 7.04. The van der Waals surface area contributed by atoms with E-state index < -0.39 is 30.9 Å². The molecule has 2 amide bonds. The van der Waals surface area contributed by atoms with E-state index in [1.54, 1.807) is 12.1 Å². The van der Waals surface area contributed by atoms with Gasteiger partial charge in [-0.25, -0.2) is 0 Å². The van der Waals surface area contributed by atoms with Gasteiger partial charge in [0.1, 0.15) is 6.54 Å². The first-order valence-corrected chi connectivity index (χ1v) is 7.41. The number of carboxylic acids is 1. The van der Waals surface area contributed by atoms with Crippen LogP contribution in [-0.2, 0) is 14.4 Å². The monoisotopic (exact) mass is 330 g/mol. The minimum absolute atomic E-state index is 0.119. The van der Waals surface area contributed by atoms with Crippen molar-refractivity contribution >= 4 is 41.1 Å². The summed E-state index contributed by atoms with van der Waals surface area (Å²) in [7, 11) is 0. The van der Waals surface area contributed by atoms with Gasteiger partial charge in [-0.15, -0.1) is 11.8 Å². The van der Waals surface area contributed by atoms with Crippen LogP contribution in [-0.4, -0.2) is 46.6 Å². The molecule has 0 spiro atoms.